The largest absolute Gasteiger partial charge is 0.314 e. The molecule has 1 fully saturated rings. The summed E-state index contributed by atoms with van der Waals surface area (Å²) in [6.07, 6.45) is 9.52. The maximum Gasteiger partial charge on any atom is 0.0404 e. The predicted molar refractivity (Wildman–Crippen MR) is 67.6 cm³/mol. The van der Waals surface area contributed by atoms with Crippen LogP contribution in [-0.2, 0) is 12.8 Å². The van der Waals surface area contributed by atoms with Crippen molar-refractivity contribution in [1.29, 1.82) is 0 Å². The lowest BCUT2D eigenvalue weighted by atomic mass is 9.99. The molecule has 0 radical (unpaired) electrons. The summed E-state index contributed by atoms with van der Waals surface area (Å²) in [6.45, 7) is 3.37. The maximum absolute atomic E-state index is 4.51. The minimum atomic E-state index is 0.724. The molecule has 1 aromatic heterocycles. The molecule has 1 aliphatic heterocycles. The van der Waals surface area contributed by atoms with Gasteiger partial charge in [-0.1, -0.05) is 19.4 Å². The lowest BCUT2D eigenvalue weighted by Gasteiger charge is -2.23. The number of aromatic nitrogens is 1. The van der Waals surface area contributed by atoms with Gasteiger partial charge in [-0.25, -0.2) is 0 Å². The van der Waals surface area contributed by atoms with E-state index in [-0.39, 0.29) is 0 Å². The second-order valence-corrected chi connectivity index (χ2v) is 4.70. The monoisotopic (exact) mass is 218 g/mol. The first kappa shape index (κ1) is 11.6. The van der Waals surface area contributed by atoms with Crippen LogP contribution in [-0.4, -0.2) is 17.6 Å². The molecule has 2 rings (SSSR count). The van der Waals surface area contributed by atoms with E-state index in [1.54, 1.807) is 0 Å². The van der Waals surface area contributed by atoms with Gasteiger partial charge in [0.15, 0.2) is 0 Å². The van der Waals surface area contributed by atoms with Crippen molar-refractivity contribution in [3.63, 3.8) is 0 Å². The second-order valence-electron chi connectivity index (χ2n) is 4.70. The molecular formula is C14H22N2. The Balaban J connectivity index is 1.79. The van der Waals surface area contributed by atoms with Crippen LogP contribution in [0.25, 0.3) is 0 Å². The lowest BCUT2D eigenvalue weighted by molar-refractivity contribution is 0.382. The average Bonchev–Trinajstić information content (AvgIpc) is 2.38. The van der Waals surface area contributed by atoms with Gasteiger partial charge in [0, 0.05) is 17.9 Å². The van der Waals surface area contributed by atoms with Crippen LogP contribution in [0.3, 0.4) is 0 Å². The normalized spacial score (nSPS) is 20.9. The first-order valence-electron chi connectivity index (χ1n) is 6.55. The van der Waals surface area contributed by atoms with Crippen molar-refractivity contribution >= 4 is 0 Å². The Morgan fingerprint density at radius 2 is 2.31 bits per heavy atom. The van der Waals surface area contributed by atoms with Crippen LogP contribution in [0.1, 0.15) is 43.9 Å². The van der Waals surface area contributed by atoms with Crippen molar-refractivity contribution in [3.05, 3.63) is 29.6 Å². The number of aryl methyl sites for hydroxylation is 2. The number of rotatable bonds is 4. The summed E-state index contributed by atoms with van der Waals surface area (Å²) < 4.78 is 0. The highest BCUT2D eigenvalue weighted by Gasteiger charge is 2.12. The van der Waals surface area contributed by atoms with Crippen molar-refractivity contribution in [2.75, 3.05) is 6.54 Å². The maximum atomic E-state index is 4.51. The van der Waals surface area contributed by atoms with Gasteiger partial charge >= 0.3 is 0 Å². The molecule has 0 bridgehead atoms. The fourth-order valence-electron chi connectivity index (χ4n) is 2.30. The van der Waals surface area contributed by atoms with E-state index in [9.17, 15) is 0 Å². The van der Waals surface area contributed by atoms with Crippen LogP contribution >= 0.6 is 0 Å². The van der Waals surface area contributed by atoms with Gasteiger partial charge in [0.1, 0.15) is 0 Å². The summed E-state index contributed by atoms with van der Waals surface area (Å²) >= 11 is 0. The summed E-state index contributed by atoms with van der Waals surface area (Å²) in [7, 11) is 0. The molecule has 2 heteroatoms. The minimum Gasteiger partial charge on any atom is -0.314 e. The first-order chi connectivity index (χ1) is 7.88. The van der Waals surface area contributed by atoms with Gasteiger partial charge in [-0.15, -0.1) is 0 Å². The highest BCUT2D eigenvalue weighted by atomic mass is 14.9. The third kappa shape index (κ3) is 3.31. The van der Waals surface area contributed by atoms with Crippen LogP contribution < -0.4 is 5.32 Å². The van der Waals surface area contributed by atoms with Crippen molar-refractivity contribution in [3.8, 4) is 0 Å². The summed E-state index contributed by atoms with van der Waals surface area (Å²) in [6, 6.07) is 5.11. The first-order valence-corrected chi connectivity index (χ1v) is 6.55. The molecule has 1 aliphatic rings. The second kappa shape index (κ2) is 6.00. The molecule has 2 nitrogen and oxygen atoms in total. The molecule has 0 saturated carbocycles. The summed E-state index contributed by atoms with van der Waals surface area (Å²) in [5, 5.41) is 3.58. The van der Waals surface area contributed by atoms with E-state index in [1.165, 1.54) is 43.5 Å². The lowest BCUT2D eigenvalue weighted by Crippen LogP contribution is -2.34. The summed E-state index contributed by atoms with van der Waals surface area (Å²) in [5.74, 6) is 0. The number of nitrogens with one attached hydrogen (secondary N) is 1. The predicted octanol–water partition coefficient (Wildman–Crippen LogP) is 2.72. The molecule has 1 aromatic rings. The van der Waals surface area contributed by atoms with Crippen molar-refractivity contribution in [1.82, 2.24) is 10.3 Å². The van der Waals surface area contributed by atoms with E-state index in [2.05, 4.69) is 29.4 Å². The van der Waals surface area contributed by atoms with E-state index < -0.39 is 0 Å². The fourth-order valence-corrected chi connectivity index (χ4v) is 2.30. The average molecular weight is 218 g/mol. The highest BCUT2D eigenvalue weighted by molar-refractivity contribution is 5.14. The Kier molecular flexibility index (Phi) is 4.34. The molecule has 16 heavy (non-hydrogen) atoms. The number of hydrogen-bond donors (Lipinski definition) is 1. The van der Waals surface area contributed by atoms with Crippen LogP contribution in [0.4, 0.5) is 0 Å². The van der Waals surface area contributed by atoms with E-state index in [0.717, 1.165) is 18.9 Å². The zero-order valence-corrected chi connectivity index (χ0v) is 10.2. The summed E-state index contributed by atoms with van der Waals surface area (Å²) in [5.41, 5.74) is 2.57. The molecule has 0 amide bonds. The van der Waals surface area contributed by atoms with Crippen LogP contribution in [0, 0.1) is 0 Å². The third-order valence-electron chi connectivity index (χ3n) is 3.46. The zero-order valence-electron chi connectivity index (χ0n) is 10.2. The van der Waals surface area contributed by atoms with Gasteiger partial charge in [0.05, 0.1) is 0 Å². The van der Waals surface area contributed by atoms with Gasteiger partial charge in [0.2, 0.25) is 0 Å². The molecule has 0 aromatic carbocycles. The Labute approximate surface area is 98.5 Å². The van der Waals surface area contributed by atoms with Gasteiger partial charge in [-0.05, 0) is 50.3 Å². The van der Waals surface area contributed by atoms with Crippen molar-refractivity contribution in [2.24, 2.45) is 0 Å². The van der Waals surface area contributed by atoms with E-state index >= 15 is 0 Å². The van der Waals surface area contributed by atoms with E-state index in [4.69, 9.17) is 0 Å². The molecule has 1 atom stereocenters. The quantitative estimate of drug-likeness (QED) is 0.840. The Bertz CT molecular complexity index is 299. The van der Waals surface area contributed by atoms with Crippen LogP contribution in [0.5, 0.6) is 0 Å². The van der Waals surface area contributed by atoms with Crippen LogP contribution in [0.2, 0.25) is 0 Å². The van der Waals surface area contributed by atoms with Gasteiger partial charge in [-0.2, -0.15) is 0 Å². The van der Waals surface area contributed by atoms with Gasteiger partial charge in [0.25, 0.3) is 0 Å². The molecule has 1 unspecified atom stereocenters. The van der Waals surface area contributed by atoms with Gasteiger partial charge in [-0.3, -0.25) is 4.98 Å². The Hall–Kier alpha value is -0.890. The minimum absolute atomic E-state index is 0.724. The molecule has 1 N–H and O–H groups in total. The number of hydrogen-bond acceptors (Lipinski definition) is 2. The topological polar surface area (TPSA) is 24.9 Å². The van der Waals surface area contributed by atoms with E-state index in [0.29, 0.717) is 0 Å². The molecule has 0 aliphatic carbocycles. The number of piperidine rings is 1. The molecule has 2 heterocycles. The zero-order chi connectivity index (χ0) is 11.2. The highest BCUT2D eigenvalue weighted by Crippen LogP contribution is 2.12. The van der Waals surface area contributed by atoms with Crippen LogP contribution in [0.15, 0.2) is 18.3 Å². The van der Waals surface area contributed by atoms with E-state index in [1.807, 2.05) is 6.20 Å². The van der Waals surface area contributed by atoms with Crippen molar-refractivity contribution in [2.45, 2.75) is 51.5 Å². The molecule has 0 spiro atoms. The third-order valence-corrected chi connectivity index (χ3v) is 3.46. The number of nitrogens with zero attached hydrogens (tertiary/aromatic N) is 1. The fraction of sp³-hybridized carbons (Fsp3) is 0.643. The standard InChI is InChI=1S/C14H22N2/c1-2-12-6-7-14(16-11-12)9-8-13-5-3-4-10-15-13/h6-7,11,13,15H,2-5,8-10H2,1H3. The number of pyridine rings is 1. The Morgan fingerprint density at radius 3 is 2.94 bits per heavy atom. The summed E-state index contributed by atoms with van der Waals surface area (Å²) in [4.78, 5) is 4.51. The van der Waals surface area contributed by atoms with Crippen molar-refractivity contribution < 1.29 is 0 Å². The smallest absolute Gasteiger partial charge is 0.0404 e. The molecule has 1 saturated heterocycles. The van der Waals surface area contributed by atoms with Gasteiger partial charge < -0.3 is 5.32 Å². The molecular weight excluding hydrogens is 196 g/mol. The molecule has 88 valence electrons. The SMILES string of the molecule is CCc1ccc(CCC2CCCCN2)nc1. The Morgan fingerprint density at radius 1 is 1.38 bits per heavy atom.